The summed E-state index contributed by atoms with van der Waals surface area (Å²) in [5.41, 5.74) is 1.42. The minimum absolute atomic E-state index is 0.132. The fourth-order valence-corrected chi connectivity index (χ4v) is 0.755. The lowest BCUT2D eigenvalue weighted by atomic mass is 10.1. The fourth-order valence-electron chi connectivity index (χ4n) is 0.755. The molecule has 52 valence electrons. The van der Waals surface area contributed by atoms with Crippen LogP contribution in [0.4, 0.5) is 0 Å². The Morgan fingerprint density at radius 2 is 2.20 bits per heavy atom. The minimum Gasteiger partial charge on any atom is -0.508 e. The Hall–Kier alpha value is -1.31. The smallest absolute Gasteiger partial charge is 0.150 e. The van der Waals surface area contributed by atoms with Crippen molar-refractivity contribution in [3.63, 3.8) is 0 Å². The number of aryl methyl sites for hydroxylation is 1. The summed E-state index contributed by atoms with van der Waals surface area (Å²) < 4.78 is 0. The van der Waals surface area contributed by atoms with Gasteiger partial charge in [0, 0.05) is 5.56 Å². The van der Waals surface area contributed by atoms with Gasteiger partial charge in [-0.1, -0.05) is 6.07 Å². The molecule has 0 fully saturated rings. The van der Waals surface area contributed by atoms with Crippen LogP contribution >= 0.6 is 0 Å². The van der Waals surface area contributed by atoms with Crippen LogP contribution in [0.5, 0.6) is 5.75 Å². The number of rotatable bonds is 1. The topological polar surface area (TPSA) is 37.3 Å². The summed E-state index contributed by atoms with van der Waals surface area (Å²) in [6.07, 6.45) is 0.731. The van der Waals surface area contributed by atoms with Crippen molar-refractivity contribution in [2.24, 2.45) is 0 Å². The third kappa shape index (κ3) is 1.16. The zero-order valence-electron chi connectivity index (χ0n) is 5.66. The van der Waals surface area contributed by atoms with E-state index in [1.54, 1.807) is 12.1 Å². The highest BCUT2D eigenvalue weighted by Gasteiger charge is 1.95. The third-order valence-electron chi connectivity index (χ3n) is 1.39. The molecule has 2 nitrogen and oxygen atoms in total. The van der Waals surface area contributed by atoms with Gasteiger partial charge in [0.25, 0.3) is 0 Å². The summed E-state index contributed by atoms with van der Waals surface area (Å²) in [6, 6.07) is 4.71. The highest BCUT2D eigenvalue weighted by atomic mass is 16.3. The van der Waals surface area contributed by atoms with Gasteiger partial charge in [-0.2, -0.15) is 0 Å². The van der Waals surface area contributed by atoms with Gasteiger partial charge < -0.3 is 5.11 Å². The minimum atomic E-state index is 0.132. The Bertz CT molecular complexity index is 253. The first-order valence-electron chi connectivity index (χ1n) is 2.99. The lowest BCUT2D eigenvalue weighted by Crippen LogP contribution is -1.83. The molecule has 10 heavy (non-hydrogen) atoms. The average Bonchev–Trinajstić information content (AvgIpc) is 1.94. The van der Waals surface area contributed by atoms with Gasteiger partial charge in [0.2, 0.25) is 0 Å². The summed E-state index contributed by atoms with van der Waals surface area (Å²) in [6.45, 7) is 1.82. The zero-order valence-corrected chi connectivity index (χ0v) is 5.66. The number of carbonyl (C=O) groups is 1. The van der Waals surface area contributed by atoms with E-state index in [0.717, 1.165) is 11.8 Å². The summed E-state index contributed by atoms with van der Waals surface area (Å²) in [4.78, 5) is 10.3. The van der Waals surface area contributed by atoms with E-state index < -0.39 is 0 Å². The molecule has 1 N–H and O–H groups in total. The molecule has 2 heteroatoms. The van der Waals surface area contributed by atoms with Crippen molar-refractivity contribution in [3.8, 4) is 5.75 Å². The van der Waals surface area contributed by atoms with Crippen LogP contribution < -0.4 is 0 Å². The van der Waals surface area contributed by atoms with Gasteiger partial charge in [0.1, 0.15) is 12.0 Å². The molecule has 1 aromatic carbocycles. The normalized spacial score (nSPS) is 9.30. The van der Waals surface area contributed by atoms with E-state index in [9.17, 15) is 4.79 Å². The second-order valence-electron chi connectivity index (χ2n) is 2.16. The van der Waals surface area contributed by atoms with Gasteiger partial charge in [0.15, 0.2) is 0 Å². The van der Waals surface area contributed by atoms with E-state index in [1.807, 2.05) is 6.92 Å². The van der Waals surface area contributed by atoms with Crippen LogP contribution in [-0.4, -0.2) is 11.4 Å². The summed E-state index contributed by atoms with van der Waals surface area (Å²) in [5, 5.41) is 8.91. The Kier molecular flexibility index (Phi) is 1.71. The lowest BCUT2D eigenvalue weighted by Gasteiger charge is -1.96. The zero-order chi connectivity index (χ0) is 7.56. The molecule has 0 aliphatic carbocycles. The number of aldehydes is 1. The van der Waals surface area contributed by atoms with Crippen molar-refractivity contribution >= 4 is 6.29 Å². The van der Waals surface area contributed by atoms with Gasteiger partial charge in [-0.15, -0.1) is 0 Å². The maximum absolute atomic E-state index is 10.3. The summed E-state index contributed by atoms with van der Waals surface area (Å²) in [7, 11) is 0. The number of phenolic OH excluding ortho intramolecular Hbond substituents is 1. The number of hydrogen-bond donors (Lipinski definition) is 1. The van der Waals surface area contributed by atoms with Crippen LogP contribution in [0.3, 0.4) is 0 Å². The van der Waals surface area contributed by atoms with Gasteiger partial charge >= 0.3 is 0 Å². The molecule has 0 saturated carbocycles. The maximum Gasteiger partial charge on any atom is 0.150 e. The number of hydrogen-bond acceptors (Lipinski definition) is 2. The SMILES string of the molecule is Cc1ccc(O)cc1C=O. The number of carbonyl (C=O) groups excluding carboxylic acids is 1. The Morgan fingerprint density at radius 3 is 2.70 bits per heavy atom. The molecule has 0 spiro atoms. The molecule has 0 bridgehead atoms. The molecule has 0 saturated heterocycles. The number of phenols is 1. The molecule has 0 aliphatic rings. The van der Waals surface area contributed by atoms with E-state index in [-0.39, 0.29) is 5.75 Å². The van der Waals surface area contributed by atoms with Crippen LogP contribution in [0.15, 0.2) is 18.2 Å². The van der Waals surface area contributed by atoms with Crippen molar-refractivity contribution in [1.82, 2.24) is 0 Å². The number of aromatic hydroxyl groups is 1. The van der Waals surface area contributed by atoms with Crippen molar-refractivity contribution in [2.45, 2.75) is 6.92 Å². The maximum atomic E-state index is 10.3. The molecule has 0 heterocycles. The molecule has 1 rings (SSSR count). The van der Waals surface area contributed by atoms with Crippen LogP contribution in [0.1, 0.15) is 15.9 Å². The largest absolute Gasteiger partial charge is 0.508 e. The summed E-state index contributed by atoms with van der Waals surface area (Å²) in [5.74, 6) is 0.132. The monoisotopic (exact) mass is 136 g/mol. The average molecular weight is 136 g/mol. The molecule has 0 aliphatic heterocycles. The molecule has 0 radical (unpaired) electrons. The lowest BCUT2D eigenvalue weighted by molar-refractivity contribution is 0.112. The van der Waals surface area contributed by atoms with Crippen LogP contribution in [0, 0.1) is 6.92 Å². The van der Waals surface area contributed by atoms with Gasteiger partial charge in [-0.25, -0.2) is 0 Å². The summed E-state index contributed by atoms with van der Waals surface area (Å²) >= 11 is 0. The molecule has 1 aromatic rings. The van der Waals surface area contributed by atoms with E-state index in [1.165, 1.54) is 6.07 Å². The molecular weight excluding hydrogens is 128 g/mol. The predicted octanol–water partition coefficient (Wildman–Crippen LogP) is 1.51. The van der Waals surface area contributed by atoms with Crippen molar-refractivity contribution in [2.75, 3.05) is 0 Å². The van der Waals surface area contributed by atoms with E-state index >= 15 is 0 Å². The molecule has 0 amide bonds. The number of benzene rings is 1. The third-order valence-corrected chi connectivity index (χ3v) is 1.39. The highest BCUT2D eigenvalue weighted by molar-refractivity contribution is 5.77. The first-order chi connectivity index (χ1) is 4.74. The molecular formula is C8H8O2. The fraction of sp³-hybridized carbons (Fsp3) is 0.125. The van der Waals surface area contributed by atoms with E-state index in [0.29, 0.717) is 5.56 Å². The second kappa shape index (κ2) is 2.52. The standard InChI is InChI=1S/C8H8O2/c1-6-2-3-8(10)4-7(6)5-9/h2-5,10H,1H3. The Balaban J connectivity index is 3.21. The van der Waals surface area contributed by atoms with Gasteiger partial charge in [-0.3, -0.25) is 4.79 Å². The first kappa shape index (κ1) is 6.81. The van der Waals surface area contributed by atoms with E-state index in [4.69, 9.17) is 5.11 Å². The quantitative estimate of drug-likeness (QED) is 0.594. The van der Waals surface area contributed by atoms with Crippen molar-refractivity contribution < 1.29 is 9.90 Å². The first-order valence-corrected chi connectivity index (χ1v) is 2.99. The van der Waals surface area contributed by atoms with Crippen LogP contribution in [0.2, 0.25) is 0 Å². The molecule has 0 aromatic heterocycles. The van der Waals surface area contributed by atoms with Gasteiger partial charge in [-0.05, 0) is 24.6 Å². The highest BCUT2D eigenvalue weighted by Crippen LogP contribution is 2.13. The molecule has 0 atom stereocenters. The van der Waals surface area contributed by atoms with Crippen molar-refractivity contribution in [3.05, 3.63) is 29.3 Å². The Morgan fingerprint density at radius 1 is 1.50 bits per heavy atom. The second-order valence-corrected chi connectivity index (χ2v) is 2.16. The van der Waals surface area contributed by atoms with Crippen molar-refractivity contribution in [1.29, 1.82) is 0 Å². The predicted molar refractivity (Wildman–Crippen MR) is 38.2 cm³/mol. The van der Waals surface area contributed by atoms with Gasteiger partial charge in [0.05, 0.1) is 0 Å². The van der Waals surface area contributed by atoms with Crippen LogP contribution in [0.25, 0.3) is 0 Å². The molecule has 0 unspecified atom stereocenters. The Labute approximate surface area is 59.1 Å². The van der Waals surface area contributed by atoms with Crippen LogP contribution in [-0.2, 0) is 0 Å². The van der Waals surface area contributed by atoms with E-state index in [2.05, 4.69) is 0 Å².